The zero-order valence-electron chi connectivity index (χ0n) is 15.3. The molecule has 2 amide bonds. The van der Waals surface area contributed by atoms with E-state index in [1.54, 1.807) is 4.90 Å². The molecule has 1 aliphatic rings. The highest BCUT2D eigenvalue weighted by Crippen LogP contribution is 2.30. The molecule has 1 heterocycles. The Morgan fingerprint density at radius 1 is 1.18 bits per heavy atom. The molecule has 0 radical (unpaired) electrons. The molecule has 10 heteroatoms. The van der Waals surface area contributed by atoms with Crippen molar-refractivity contribution < 1.29 is 32.7 Å². The van der Waals surface area contributed by atoms with Gasteiger partial charge in [0.1, 0.15) is 0 Å². The van der Waals surface area contributed by atoms with Crippen LogP contribution in [0.1, 0.15) is 18.9 Å². The van der Waals surface area contributed by atoms with E-state index in [4.69, 9.17) is 0 Å². The summed E-state index contributed by atoms with van der Waals surface area (Å²) in [5.74, 6) is -2.88. The molecule has 0 saturated carbocycles. The van der Waals surface area contributed by atoms with E-state index in [0.29, 0.717) is 26.2 Å². The molecule has 2 rings (SSSR count). The van der Waals surface area contributed by atoms with Crippen molar-refractivity contribution in [2.45, 2.75) is 19.5 Å². The van der Waals surface area contributed by atoms with E-state index in [9.17, 15) is 32.7 Å². The average molecular weight is 401 g/mol. The van der Waals surface area contributed by atoms with Crippen LogP contribution in [0.15, 0.2) is 24.3 Å². The number of halogens is 3. The molecular formula is C18H22F3N3O4. The highest BCUT2D eigenvalue weighted by atomic mass is 19.4. The van der Waals surface area contributed by atoms with Crippen molar-refractivity contribution in [3.63, 3.8) is 0 Å². The number of amides is 2. The van der Waals surface area contributed by atoms with Crippen LogP contribution in [-0.4, -0.2) is 65.4 Å². The number of carbonyl (C=O) groups is 3. The quantitative estimate of drug-likeness (QED) is 0.760. The summed E-state index contributed by atoms with van der Waals surface area (Å²) >= 11 is 0. The Balaban J connectivity index is 1.93. The number of rotatable bonds is 6. The van der Waals surface area contributed by atoms with E-state index in [0.717, 1.165) is 12.1 Å². The number of hydrogen-bond acceptors (Lipinski definition) is 4. The fraction of sp³-hybridized carbons (Fsp3) is 0.500. The molecule has 0 aliphatic carbocycles. The van der Waals surface area contributed by atoms with Crippen molar-refractivity contribution in [2.24, 2.45) is 5.92 Å². The minimum Gasteiger partial charge on any atom is -0.481 e. The van der Waals surface area contributed by atoms with E-state index >= 15 is 0 Å². The number of aliphatic carboxylic acids is 1. The van der Waals surface area contributed by atoms with Crippen LogP contribution >= 0.6 is 0 Å². The minimum absolute atomic E-state index is 0.0426. The van der Waals surface area contributed by atoms with Gasteiger partial charge < -0.3 is 15.3 Å². The third-order valence-corrected chi connectivity index (χ3v) is 4.55. The predicted octanol–water partition coefficient (Wildman–Crippen LogP) is 1.90. The second-order valence-electron chi connectivity index (χ2n) is 6.67. The molecule has 154 valence electrons. The van der Waals surface area contributed by atoms with E-state index in [-0.39, 0.29) is 24.6 Å². The van der Waals surface area contributed by atoms with E-state index in [1.165, 1.54) is 19.1 Å². The summed E-state index contributed by atoms with van der Waals surface area (Å²) in [5.41, 5.74) is -0.942. The molecule has 1 unspecified atom stereocenters. The summed E-state index contributed by atoms with van der Waals surface area (Å²) in [7, 11) is 0. The van der Waals surface area contributed by atoms with Gasteiger partial charge in [-0.25, -0.2) is 0 Å². The first-order valence-corrected chi connectivity index (χ1v) is 8.74. The number of carboxylic acid groups (broad SMARTS) is 1. The number of hydrogen-bond donors (Lipinski definition) is 2. The second kappa shape index (κ2) is 9.05. The number of carbonyl (C=O) groups excluding carboxylic acids is 2. The van der Waals surface area contributed by atoms with Crippen LogP contribution in [-0.2, 0) is 20.6 Å². The highest BCUT2D eigenvalue weighted by molar-refractivity contribution is 5.93. The van der Waals surface area contributed by atoms with Gasteiger partial charge >= 0.3 is 12.1 Å². The number of nitrogens with one attached hydrogen (secondary N) is 1. The minimum atomic E-state index is -4.54. The molecule has 0 aromatic heterocycles. The summed E-state index contributed by atoms with van der Waals surface area (Å²) in [6.07, 6.45) is -4.90. The lowest BCUT2D eigenvalue weighted by molar-refractivity contribution is -0.144. The summed E-state index contributed by atoms with van der Waals surface area (Å²) in [5, 5.41) is 11.7. The van der Waals surface area contributed by atoms with Gasteiger partial charge in [-0.2, -0.15) is 13.2 Å². The fourth-order valence-corrected chi connectivity index (χ4v) is 3.00. The first-order valence-electron chi connectivity index (χ1n) is 8.74. The monoisotopic (exact) mass is 401 g/mol. The molecule has 1 aromatic rings. The van der Waals surface area contributed by atoms with Gasteiger partial charge in [-0.3, -0.25) is 19.3 Å². The topological polar surface area (TPSA) is 90.0 Å². The fourth-order valence-electron chi connectivity index (χ4n) is 3.00. The third-order valence-electron chi connectivity index (χ3n) is 4.55. The Morgan fingerprint density at radius 3 is 2.36 bits per heavy atom. The maximum absolute atomic E-state index is 12.7. The second-order valence-corrected chi connectivity index (χ2v) is 6.67. The van der Waals surface area contributed by atoms with Crippen molar-refractivity contribution in [3.05, 3.63) is 29.8 Å². The lowest BCUT2D eigenvalue weighted by atomic mass is 10.0. The van der Waals surface area contributed by atoms with Crippen LogP contribution in [0.2, 0.25) is 0 Å². The molecule has 1 aliphatic heterocycles. The van der Waals surface area contributed by atoms with Crippen molar-refractivity contribution in [3.8, 4) is 0 Å². The Kier molecular flexibility index (Phi) is 7.00. The lowest BCUT2D eigenvalue weighted by Gasteiger charge is -2.35. The SMILES string of the molecule is CC(=O)N1CCN(CC(CC(=O)Nc2cccc(C(F)(F)F)c2)C(=O)O)CC1. The first-order chi connectivity index (χ1) is 13.1. The van der Waals surface area contributed by atoms with Crippen LogP contribution in [0.4, 0.5) is 18.9 Å². The third kappa shape index (κ3) is 6.22. The van der Waals surface area contributed by atoms with E-state index in [2.05, 4.69) is 5.32 Å². The van der Waals surface area contributed by atoms with Gasteiger partial charge in [0.25, 0.3) is 0 Å². The van der Waals surface area contributed by atoms with Gasteiger partial charge in [-0.1, -0.05) is 6.07 Å². The van der Waals surface area contributed by atoms with Gasteiger partial charge in [0.05, 0.1) is 11.5 Å². The van der Waals surface area contributed by atoms with Gasteiger partial charge in [0, 0.05) is 51.8 Å². The predicted molar refractivity (Wildman–Crippen MR) is 94.5 cm³/mol. The molecule has 1 aromatic carbocycles. The molecule has 1 fully saturated rings. The largest absolute Gasteiger partial charge is 0.481 e. The number of benzene rings is 1. The van der Waals surface area contributed by atoms with Crippen molar-refractivity contribution in [2.75, 3.05) is 38.0 Å². The number of carboxylic acids is 1. The normalized spacial score (nSPS) is 16.5. The molecule has 0 spiro atoms. The summed E-state index contributed by atoms with van der Waals surface area (Å²) in [6.45, 7) is 3.55. The van der Waals surface area contributed by atoms with Crippen molar-refractivity contribution >= 4 is 23.5 Å². The molecule has 28 heavy (non-hydrogen) atoms. The van der Waals surface area contributed by atoms with E-state index < -0.39 is 29.5 Å². The van der Waals surface area contributed by atoms with Crippen LogP contribution in [0.5, 0.6) is 0 Å². The Morgan fingerprint density at radius 2 is 1.82 bits per heavy atom. The molecule has 1 saturated heterocycles. The first kappa shape index (κ1) is 21.7. The summed E-state index contributed by atoms with van der Waals surface area (Å²) in [6, 6.07) is 4.16. The van der Waals surface area contributed by atoms with Crippen LogP contribution in [0.3, 0.4) is 0 Å². The maximum atomic E-state index is 12.7. The molecule has 2 N–H and O–H groups in total. The zero-order chi connectivity index (χ0) is 20.9. The van der Waals surface area contributed by atoms with Crippen molar-refractivity contribution in [1.29, 1.82) is 0 Å². The molecule has 1 atom stereocenters. The number of alkyl halides is 3. The summed E-state index contributed by atoms with van der Waals surface area (Å²) < 4.78 is 38.2. The standard InChI is InChI=1S/C18H22F3N3O4/c1-12(25)24-7-5-23(6-8-24)11-13(17(27)28)9-16(26)22-15-4-2-3-14(10-15)18(19,20)21/h2-4,10,13H,5-9,11H2,1H3,(H,22,26)(H,27,28). The Bertz CT molecular complexity index is 731. The van der Waals surface area contributed by atoms with Gasteiger partial charge in [-0.15, -0.1) is 0 Å². The molecule has 0 bridgehead atoms. The molecular weight excluding hydrogens is 379 g/mol. The smallest absolute Gasteiger partial charge is 0.416 e. The van der Waals surface area contributed by atoms with E-state index in [1.807, 2.05) is 4.90 Å². The Hall–Kier alpha value is -2.62. The average Bonchev–Trinajstić information content (AvgIpc) is 2.61. The number of nitrogens with zero attached hydrogens (tertiary/aromatic N) is 2. The number of anilines is 1. The van der Waals surface area contributed by atoms with Crippen LogP contribution < -0.4 is 5.32 Å². The van der Waals surface area contributed by atoms with Crippen molar-refractivity contribution in [1.82, 2.24) is 9.80 Å². The Labute approximate surface area is 160 Å². The summed E-state index contributed by atoms with van der Waals surface area (Å²) in [4.78, 5) is 38.5. The maximum Gasteiger partial charge on any atom is 0.416 e. The number of piperazine rings is 1. The van der Waals surface area contributed by atoms with Gasteiger partial charge in [-0.05, 0) is 18.2 Å². The van der Waals surface area contributed by atoms with Gasteiger partial charge in [0.15, 0.2) is 0 Å². The lowest BCUT2D eigenvalue weighted by Crippen LogP contribution is -2.50. The van der Waals surface area contributed by atoms with Crippen LogP contribution in [0.25, 0.3) is 0 Å². The van der Waals surface area contributed by atoms with Gasteiger partial charge in [0.2, 0.25) is 11.8 Å². The molecule has 7 nitrogen and oxygen atoms in total. The zero-order valence-corrected chi connectivity index (χ0v) is 15.3. The highest BCUT2D eigenvalue weighted by Gasteiger charge is 2.31. The van der Waals surface area contributed by atoms with Crippen LogP contribution in [0, 0.1) is 5.92 Å².